The van der Waals surface area contributed by atoms with E-state index >= 15 is 0 Å². The average molecular weight is 263 g/mol. The van der Waals surface area contributed by atoms with Gasteiger partial charge in [-0.3, -0.25) is 0 Å². The van der Waals surface area contributed by atoms with E-state index in [0.717, 1.165) is 24.2 Å². The molecule has 1 aliphatic carbocycles. The maximum Gasteiger partial charge on any atom is 0.244 e. The monoisotopic (exact) mass is 263 g/mol. The largest absolute Gasteiger partial charge is 0.338 e. The van der Waals surface area contributed by atoms with Crippen molar-refractivity contribution in [2.75, 3.05) is 6.54 Å². The highest BCUT2D eigenvalue weighted by atomic mass is 16.5. The molecule has 1 aromatic rings. The van der Waals surface area contributed by atoms with Gasteiger partial charge in [-0.15, -0.1) is 0 Å². The molecule has 0 spiro atoms. The summed E-state index contributed by atoms with van der Waals surface area (Å²) >= 11 is 0. The van der Waals surface area contributed by atoms with Crippen molar-refractivity contribution in [2.45, 2.75) is 64.8 Å². The Labute approximate surface area is 115 Å². The van der Waals surface area contributed by atoms with Crippen LogP contribution in [-0.2, 0) is 0 Å². The Morgan fingerprint density at radius 1 is 1.32 bits per heavy atom. The normalized spacial score (nSPS) is 34.6. The molecular weight excluding hydrogens is 238 g/mol. The van der Waals surface area contributed by atoms with Gasteiger partial charge in [0.1, 0.15) is 0 Å². The van der Waals surface area contributed by atoms with Crippen molar-refractivity contribution >= 4 is 0 Å². The molecule has 2 fully saturated rings. The van der Waals surface area contributed by atoms with E-state index in [1.807, 2.05) is 0 Å². The van der Waals surface area contributed by atoms with Gasteiger partial charge < -0.3 is 9.84 Å². The third kappa shape index (κ3) is 2.55. The Morgan fingerprint density at radius 3 is 2.84 bits per heavy atom. The van der Waals surface area contributed by atoms with Crippen molar-refractivity contribution < 1.29 is 4.52 Å². The fraction of sp³-hybridized carbons (Fsp3) is 0.867. The van der Waals surface area contributed by atoms with Crippen LogP contribution >= 0.6 is 0 Å². The zero-order valence-electron chi connectivity index (χ0n) is 12.3. The van der Waals surface area contributed by atoms with Crippen molar-refractivity contribution in [1.82, 2.24) is 15.5 Å². The SMILES string of the molecule is CC1CCC(c2noc(C3NCCCC3(C)C)n2)C1. The van der Waals surface area contributed by atoms with E-state index in [0.29, 0.717) is 5.92 Å². The van der Waals surface area contributed by atoms with E-state index in [1.54, 1.807) is 0 Å². The Bertz CT molecular complexity index is 440. The summed E-state index contributed by atoms with van der Waals surface area (Å²) in [7, 11) is 0. The first kappa shape index (κ1) is 13.1. The summed E-state index contributed by atoms with van der Waals surface area (Å²) in [6, 6.07) is 0.210. The molecular formula is C15H25N3O. The molecule has 0 radical (unpaired) electrons. The van der Waals surface area contributed by atoms with Crippen LogP contribution in [0.2, 0.25) is 0 Å². The molecule has 4 nitrogen and oxygen atoms in total. The first-order valence-electron chi connectivity index (χ1n) is 7.63. The predicted octanol–water partition coefficient (Wildman–Crippen LogP) is 3.42. The zero-order valence-corrected chi connectivity index (χ0v) is 12.3. The minimum absolute atomic E-state index is 0.199. The van der Waals surface area contributed by atoms with Gasteiger partial charge in [0.15, 0.2) is 5.82 Å². The van der Waals surface area contributed by atoms with Crippen molar-refractivity contribution in [3.63, 3.8) is 0 Å². The Balaban J connectivity index is 1.77. The molecule has 3 atom stereocenters. The first-order valence-corrected chi connectivity index (χ1v) is 7.63. The average Bonchev–Trinajstić information content (AvgIpc) is 2.97. The van der Waals surface area contributed by atoms with Crippen LogP contribution in [0.1, 0.15) is 76.6 Å². The minimum atomic E-state index is 0.199. The lowest BCUT2D eigenvalue weighted by molar-refractivity contribution is 0.146. The van der Waals surface area contributed by atoms with Gasteiger partial charge in [-0.05, 0) is 50.0 Å². The maximum absolute atomic E-state index is 5.56. The molecule has 3 unspecified atom stereocenters. The van der Waals surface area contributed by atoms with Crippen molar-refractivity contribution in [3.8, 4) is 0 Å². The van der Waals surface area contributed by atoms with Crippen LogP contribution in [0.4, 0.5) is 0 Å². The number of hydrogen-bond acceptors (Lipinski definition) is 4. The second-order valence-corrected chi connectivity index (χ2v) is 7.09. The summed E-state index contributed by atoms with van der Waals surface area (Å²) in [5.74, 6) is 3.04. The quantitative estimate of drug-likeness (QED) is 0.888. The van der Waals surface area contributed by atoms with Crippen LogP contribution in [0.3, 0.4) is 0 Å². The van der Waals surface area contributed by atoms with E-state index in [1.165, 1.54) is 32.1 Å². The molecule has 3 rings (SSSR count). The van der Waals surface area contributed by atoms with E-state index in [9.17, 15) is 0 Å². The van der Waals surface area contributed by atoms with E-state index in [4.69, 9.17) is 9.51 Å². The lowest BCUT2D eigenvalue weighted by Gasteiger charge is -2.36. The molecule has 1 aromatic heterocycles. The summed E-state index contributed by atoms with van der Waals surface area (Å²) in [5, 5.41) is 7.79. The molecule has 106 valence electrons. The Hall–Kier alpha value is -0.900. The van der Waals surface area contributed by atoms with Gasteiger partial charge in [0.05, 0.1) is 6.04 Å². The Kier molecular flexibility index (Phi) is 3.37. The molecule has 2 heterocycles. The van der Waals surface area contributed by atoms with Crippen LogP contribution in [0.5, 0.6) is 0 Å². The molecule has 1 saturated carbocycles. The number of aromatic nitrogens is 2. The predicted molar refractivity (Wildman–Crippen MR) is 73.8 cm³/mol. The van der Waals surface area contributed by atoms with Crippen LogP contribution in [0.25, 0.3) is 0 Å². The van der Waals surface area contributed by atoms with Crippen LogP contribution in [-0.4, -0.2) is 16.7 Å². The fourth-order valence-corrected chi connectivity index (χ4v) is 3.60. The summed E-state index contributed by atoms with van der Waals surface area (Å²) in [6.45, 7) is 7.93. The number of nitrogens with zero attached hydrogens (tertiary/aromatic N) is 2. The molecule has 1 saturated heterocycles. The van der Waals surface area contributed by atoms with Gasteiger partial charge in [-0.25, -0.2) is 0 Å². The number of hydrogen-bond donors (Lipinski definition) is 1. The first-order chi connectivity index (χ1) is 9.06. The third-order valence-electron chi connectivity index (χ3n) is 4.89. The van der Waals surface area contributed by atoms with Gasteiger partial charge in [0, 0.05) is 5.92 Å². The van der Waals surface area contributed by atoms with Crippen LogP contribution in [0, 0.1) is 11.3 Å². The standard InChI is InChI=1S/C15H25N3O/c1-10-5-6-11(9-10)13-17-14(19-18-13)12-15(2,3)7-4-8-16-12/h10-12,16H,4-9H2,1-3H3. The third-order valence-corrected chi connectivity index (χ3v) is 4.89. The smallest absolute Gasteiger partial charge is 0.244 e. The number of nitrogens with one attached hydrogen (secondary N) is 1. The summed E-state index contributed by atoms with van der Waals surface area (Å²) in [6.07, 6.45) is 6.15. The summed E-state index contributed by atoms with van der Waals surface area (Å²) < 4.78 is 5.56. The van der Waals surface area contributed by atoms with Crippen molar-refractivity contribution in [2.24, 2.45) is 11.3 Å². The molecule has 1 aliphatic heterocycles. The molecule has 0 bridgehead atoms. The second kappa shape index (κ2) is 4.89. The second-order valence-electron chi connectivity index (χ2n) is 7.09. The van der Waals surface area contributed by atoms with Crippen LogP contribution < -0.4 is 5.32 Å². The van der Waals surface area contributed by atoms with Gasteiger partial charge in [0.2, 0.25) is 5.89 Å². The van der Waals surface area contributed by atoms with Gasteiger partial charge in [0.25, 0.3) is 0 Å². The van der Waals surface area contributed by atoms with Gasteiger partial charge >= 0.3 is 0 Å². The Morgan fingerprint density at radius 2 is 2.16 bits per heavy atom. The van der Waals surface area contributed by atoms with Crippen molar-refractivity contribution in [3.05, 3.63) is 11.7 Å². The van der Waals surface area contributed by atoms with E-state index in [2.05, 4.69) is 31.2 Å². The molecule has 0 aromatic carbocycles. The number of piperidine rings is 1. The summed E-state index contributed by atoms with van der Waals surface area (Å²) in [5.41, 5.74) is 0.199. The highest BCUT2D eigenvalue weighted by Crippen LogP contribution is 2.41. The highest BCUT2D eigenvalue weighted by molar-refractivity contribution is 5.05. The van der Waals surface area contributed by atoms with Crippen LogP contribution in [0.15, 0.2) is 4.52 Å². The number of rotatable bonds is 2. The molecule has 19 heavy (non-hydrogen) atoms. The summed E-state index contributed by atoms with van der Waals surface area (Å²) in [4.78, 5) is 4.71. The van der Waals surface area contributed by atoms with Crippen molar-refractivity contribution in [1.29, 1.82) is 0 Å². The van der Waals surface area contributed by atoms with Gasteiger partial charge in [-0.2, -0.15) is 4.98 Å². The topological polar surface area (TPSA) is 51.0 Å². The molecule has 2 aliphatic rings. The fourth-order valence-electron chi connectivity index (χ4n) is 3.60. The molecule has 0 amide bonds. The zero-order chi connectivity index (χ0) is 13.5. The van der Waals surface area contributed by atoms with Gasteiger partial charge in [-0.1, -0.05) is 25.9 Å². The van der Waals surface area contributed by atoms with E-state index < -0.39 is 0 Å². The lowest BCUT2D eigenvalue weighted by Crippen LogP contribution is -2.39. The molecule has 1 N–H and O–H groups in total. The lowest BCUT2D eigenvalue weighted by atomic mass is 9.77. The highest BCUT2D eigenvalue weighted by Gasteiger charge is 2.37. The van der Waals surface area contributed by atoms with E-state index in [-0.39, 0.29) is 11.5 Å². The molecule has 4 heteroatoms. The minimum Gasteiger partial charge on any atom is -0.338 e. The maximum atomic E-state index is 5.56.